The molecule has 102 valence electrons. The number of aryl methyl sites for hydroxylation is 1. The zero-order chi connectivity index (χ0) is 13.7. The number of aromatic nitrogens is 2. The minimum Gasteiger partial charge on any atom is -0.338 e. The average molecular weight is 296 g/mol. The predicted octanol–water partition coefficient (Wildman–Crippen LogP) is 3.00. The molecule has 1 atom stereocenters. The van der Waals surface area contributed by atoms with E-state index < -0.39 is 0 Å². The fourth-order valence-corrected chi connectivity index (χ4v) is 3.16. The summed E-state index contributed by atoms with van der Waals surface area (Å²) < 4.78 is 2.06. The molecule has 0 fully saturated rings. The van der Waals surface area contributed by atoms with Gasteiger partial charge in [-0.15, -0.1) is 11.8 Å². The molecule has 5 heteroatoms. The SMILES string of the molecule is CNC(CSc1ccccc1Cl)Cc1nccn1C. The summed E-state index contributed by atoms with van der Waals surface area (Å²) in [5.74, 6) is 2.06. The molecule has 0 saturated carbocycles. The van der Waals surface area contributed by atoms with Crippen LogP contribution in [0, 0.1) is 0 Å². The summed E-state index contributed by atoms with van der Waals surface area (Å²) >= 11 is 7.94. The highest BCUT2D eigenvalue weighted by molar-refractivity contribution is 7.99. The summed E-state index contributed by atoms with van der Waals surface area (Å²) in [7, 11) is 4.01. The first-order valence-corrected chi connectivity index (χ1v) is 7.58. The Morgan fingerprint density at radius 3 is 2.84 bits per heavy atom. The third-order valence-electron chi connectivity index (χ3n) is 3.03. The van der Waals surface area contributed by atoms with E-state index in [0.29, 0.717) is 6.04 Å². The lowest BCUT2D eigenvalue weighted by Crippen LogP contribution is -2.31. The van der Waals surface area contributed by atoms with Crippen molar-refractivity contribution < 1.29 is 0 Å². The number of nitrogens with one attached hydrogen (secondary N) is 1. The highest BCUT2D eigenvalue weighted by Gasteiger charge is 2.11. The highest BCUT2D eigenvalue weighted by atomic mass is 35.5. The lowest BCUT2D eigenvalue weighted by Gasteiger charge is -2.16. The van der Waals surface area contributed by atoms with Crippen LogP contribution < -0.4 is 5.32 Å². The van der Waals surface area contributed by atoms with Crippen LogP contribution in [0.2, 0.25) is 5.02 Å². The average Bonchev–Trinajstić information content (AvgIpc) is 2.81. The van der Waals surface area contributed by atoms with Crippen molar-refractivity contribution in [2.45, 2.75) is 17.4 Å². The molecule has 0 aliphatic carbocycles. The first-order chi connectivity index (χ1) is 9.20. The number of halogens is 1. The Labute approximate surface area is 123 Å². The van der Waals surface area contributed by atoms with Crippen LogP contribution in [0.25, 0.3) is 0 Å². The fraction of sp³-hybridized carbons (Fsp3) is 0.357. The Morgan fingerprint density at radius 1 is 1.42 bits per heavy atom. The third-order valence-corrected chi connectivity index (χ3v) is 4.71. The quantitative estimate of drug-likeness (QED) is 0.831. The molecule has 1 heterocycles. The lowest BCUT2D eigenvalue weighted by atomic mass is 10.2. The highest BCUT2D eigenvalue weighted by Crippen LogP contribution is 2.27. The molecule has 1 N–H and O–H groups in total. The number of rotatable bonds is 6. The Balaban J connectivity index is 1.93. The predicted molar refractivity (Wildman–Crippen MR) is 81.9 cm³/mol. The van der Waals surface area contributed by atoms with E-state index in [4.69, 9.17) is 11.6 Å². The Kier molecular flexibility index (Phi) is 5.31. The van der Waals surface area contributed by atoms with Crippen molar-refractivity contribution in [3.63, 3.8) is 0 Å². The van der Waals surface area contributed by atoms with Crippen LogP contribution in [-0.4, -0.2) is 28.4 Å². The van der Waals surface area contributed by atoms with E-state index >= 15 is 0 Å². The van der Waals surface area contributed by atoms with Gasteiger partial charge in [-0.05, 0) is 19.2 Å². The molecule has 0 aliphatic rings. The van der Waals surface area contributed by atoms with Gasteiger partial charge in [-0.25, -0.2) is 4.98 Å². The van der Waals surface area contributed by atoms with Crippen LogP contribution >= 0.6 is 23.4 Å². The molecule has 2 aromatic rings. The van der Waals surface area contributed by atoms with Gasteiger partial charge in [-0.3, -0.25) is 0 Å². The number of hydrogen-bond donors (Lipinski definition) is 1. The maximum absolute atomic E-state index is 6.16. The van der Waals surface area contributed by atoms with Gasteiger partial charge < -0.3 is 9.88 Å². The van der Waals surface area contributed by atoms with Crippen molar-refractivity contribution in [2.75, 3.05) is 12.8 Å². The van der Waals surface area contributed by atoms with Gasteiger partial charge in [0, 0.05) is 42.6 Å². The molecule has 0 saturated heterocycles. The van der Waals surface area contributed by atoms with Gasteiger partial charge in [0.2, 0.25) is 0 Å². The molecule has 1 aromatic heterocycles. The van der Waals surface area contributed by atoms with Gasteiger partial charge in [-0.2, -0.15) is 0 Å². The van der Waals surface area contributed by atoms with E-state index in [1.165, 1.54) is 0 Å². The summed E-state index contributed by atoms with van der Waals surface area (Å²) in [6, 6.07) is 8.33. The standard InChI is InChI=1S/C14H18ClN3S/c1-16-11(9-14-17-7-8-18(14)2)10-19-13-6-4-3-5-12(13)15/h3-8,11,16H,9-10H2,1-2H3. The van der Waals surface area contributed by atoms with Crippen LogP contribution in [0.15, 0.2) is 41.6 Å². The van der Waals surface area contributed by atoms with Crippen LogP contribution in [0.4, 0.5) is 0 Å². The molecule has 0 bridgehead atoms. The summed E-state index contributed by atoms with van der Waals surface area (Å²) in [6.45, 7) is 0. The maximum Gasteiger partial charge on any atom is 0.109 e. The second-order valence-electron chi connectivity index (χ2n) is 4.39. The molecular formula is C14H18ClN3S. The van der Waals surface area contributed by atoms with E-state index in [2.05, 4.69) is 20.9 Å². The second kappa shape index (κ2) is 6.98. The number of nitrogens with zero attached hydrogens (tertiary/aromatic N) is 2. The Hall–Kier alpha value is -0.970. The molecule has 2 rings (SSSR count). The van der Waals surface area contributed by atoms with Crippen LogP contribution in [0.1, 0.15) is 5.82 Å². The summed E-state index contributed by atoms with van der Waals surface area (Å²) in [4.78, 5) is 5.49. The van der Waals surface area contributed by atoms with E-state index in [-0.39, 0.29) is 0 Å². The van der Waals surface area contributed by atoms with Crippen molar-refractivity contribution in [1.29, 1.82) is 0 Å². The molecule has 19 heavy (non-hydrogen) atoms. The molecule has 0 radical (unpaired) electrons. The minimum atomic E-state index is 0.377. The van der Waals surface area contributed by atoms with Crippen molar-refractivity contribution >= 4 is 23.4 Å². The number of likely N-dealkylation sites (N-methyl/N-ethyl adjacent to an activating group) is 1. The van der Waals surface area contributed by atoms with Gasteiger partial charge in [0.1, 0.15) is 5.82 Å². The number of hydrogen-bond acceptors (Lipinski definition) is 3. The Bertz CT molecular complexity index is 527. The first kappa shape index (κ1) is 14.4. The fourth-order valence-electron chi connectivity index (χ4n) is 1.81. The molecule has 3 nitrogen and oxygen atoms in total. The van der Waals surface area contributed by atoms with E-state index in [9.17, 15) is 0 Å². The maximum atomic E-state index is 6.16. The normalized spacial score (nSPS) is 12.6. The van der Waals surface area contributed by atoms with Gasteiger partial charge in [-0.1, -0.05) is 23.7 Å². The van der Waals surface area contributed by atoms with Gasteiger partial charge in [0.05, 0.1) is 5.02 Å². The van der Waals surface area contributed by atoms with E-state index in [1.54, 1.807) is 11.8 Å². The first-order valence-electron chi connectivity index (χ1n) is 6.21. The lowest BCUT2D eigenvalue weighted by molar-refractivity contribution is 0.586. The topological polar surface area (TPSA) is 29.9 Å². The van der Waals surface area contributed by atoms with E-state index in [0.717, 1.165) is 27.9 Å². The third kappa shape index (κ3) is 4.00. The zero-order valence-electron chi connectivity index (χ0n) is 11.1. The zero-order valence-corrected chi connectivity index (χ0v) is 12.7. The number of thioether (sulfide) groups is 1. The molecule has 0 spiro atoms. The van der Waals surface area contributed by atoms with Crippen LogP contribution in [0.5, 0.6) is 0 Å². The van der Waals surface area contributed by atoms with Gasteiger partial charge in [0.15, 0.2) is 0 Å². The van der Waals surface area contributed by atoms with Crippen molar-refractivity contribution in [2.24, 2.45) is 7.05 Å². The molecule has 0 aliphatic heterocycles. The van der Waals surface area contributed by atoms with Gasteiger partial charge >= 0.3 is 0 Å². The van der Waals surface area contributed by atoms with Crippen molar-refractivity contribution in [3.05, 3.63) is 47.5 Å². The van der Waals surface area contributed by atoms with Crippen LogP contribution in [-0.2, 0) is 13.5 Å². The Morgan fingerprint density at radius 2 is 2.21 bits per heavy atom. The monoisotopic (exact) mass is 295 g/mol. The summed E-state index contributed by atoms with van der Waals surface area (Å²) in [5, 5.41) is 4.16. The van der Waals surface area contributed by atoms with Crippen molar-refractivity contribution in [3.8, 4) is 0 Å². The largest absolute Gasteiger partial charge is 0.338 e. The summed E-state index contributed by atoms with van der Waals surface area (Å²) in [6.07, 6.45) is 4.73. The van der Waals surface area contributed by atoms with Gasteiger partial charge in [0.25, 0.3) is 0 Å². The van der Waals surface area contributed by atoms with E-state index in [1.807, 2.05) is 44.7 Å². The molecule has 1 aromatic carbocycles. The molecule has 1 unspecified atom stereocenters. The summed E-state index contributed by atoms with van der Waals surface area (Å²) in [5.41, 5.74) is 0. The van der Waals surface area contributed by atoms with Crippen molar-refractivity contribution in [1.82, 2.24) is 14.9 Å². The second-order valence-corrected chi connectivity index (χ2v) is 5.85. The smallest absolute Gasteiger partial charge is 0.109 e. The number of benzene rings is 1. The van der Waals surface area contributed by atoms with Crippen LogP contribution in [0.3, 0.4) is 0 Å². The number of imidazole rings is 1. The minimum absolute atomic E-state index is 0.377. The molecular weight excluding hydrogens is 278 g/mol. The molecule has 0 amide bonds.